The first-order chi connectivity index (χ1) is 7.22. The van der Waals surface area contributed by atoms with Gasteiger partial charge >= 0.3 is 0 Å². The maximum Gasteiger partial charge on any atom is -0.00950 e. The zero-order valence-electron chi connectivity index (χ0n) is 10.2. The van der Waals surface area contributed by atoms with Crippen LogP contribution in [0.4, 0.5) is 0 Å². The normalized spacial score (nSPS) is 10.1. The molecule has 0 radical (unpaired) electrons. The topological polar surface area (TPSA) is 0 Å². The zero-order valence-corrected chi connectivity index (χ0v) is 10.2. The van der Waals surface area contributed by atoms with E-state index >= 15 is 0 Å². The molecule has 0 aliphatic carbocycles. The number of hydrogen-bond donors (Lipinski definition) is 0. The summed E-state index contributed by atoms with van der Waals surface area (Å²) in [7, 11) is 0. The molecular formula is C15H22. The molecule has 0 aromatic heterocycles. The van der Waals surface area contributed by atoms with Gasteiger partial charge < -0.3 is 0 Å². The quantitative estimate of drug-likeness (QED) is 0.615. The van der Waals surface area contributed by atoms with Crippen LogP contribution in [0.5, 0.6) is 0 Å². The molecule has 0 amide bonds. The monoisotopic (exact) mass is 202 g/mol. The summed E-state index contributed by atoms with van der Waals surface area (Å²) in [6.45, 7) is 6.54. The van der Waals surface area contributed by atoms with E-state index in [-0.39, 0.29) is 0 Å². The van der Waals surface area contributed by atoms with Gasteiger partial charge in [0.05, 0.1) is 0 Å². The summed E-state index contributed by atoms with van der Waals surface area (Å²) in [6.07, 6.45) is 7.14. The number of allylic oxidation sites excluding steroid dienone is 2. The van der Waals surface area contributed by atoms with Crippen LogP contribution in [0, 0.1) is 0 Å². The minimum absolute atomic E-state index is 1.07. The molecular weight excluding hydrogens is 180 g/mol. The Kier molecular flexibility index (Phi) is 5.17. The summed E-state index contributed by atoms with van der Waals surface area (Å²) in [6, 6.07) is 9.04. The Labute approximate surface area is 94.0 Å². The van der Waals surface area contributed by atoms with E-state index in [4.69, 9.17) is 0 Å². The second-order valence-electron chi connectivity index (χ2n) is 4.41. The van der Waals surface area contributed by atoms with Crippen molar-refractivity contribution in [3.8, 4) is 0 Å². The highest BCUT2D eigenvalue weighted by atomic mass is 14.0. The van der Waals surface area contributed by atoms with Crippen LogP contribution >= 0.6 is 0 Å². The Bertz CT molecular complexity index is 299. The van der Waals surface area contributed by atoms with Crippen LogP contribution in [0.15, 0.2) is 35.9 Å². The van der Waals surface area contributed by atoms with Gasteiger partial charge in [-0.15, -0.1) is 0 Å². The Morgan fingerprint density at radius 2 is 1.67 bits per heavy atom. The molecule has 0 fully saturated rings. The van der Waals surface area contributed by atoms with E-state index < -0.39 is 0 Å². The first-order valence-corrected chi connectivity index (χ1v) is 5.93. The van der Waals surface area contributed by atoms with Gasteiger partial charge in [-0.25, -0.2) is 0 Å². The third kappa shape index (κ3) is 4.83. The molecule has 0 aliphatic rings. The van der Waals surface area contributed by atoms with Crippen LogP contribution in [-0.4, -0.2) is 0 Å². The van der Waals surface area contributed by atoms with Crippen molar-refractivity contribution in [2.24, 2.45) is 0 Å². The third-order valence-corrected chi connectivity index (χ3v) is 2.59. The van der Waals surface area contributed by atoms with Crippen LogP contribution < -0.4 is 0 Å². The minimum atomic E-state index is 1.07. The maximum atomic E-state index is 2.28. The van der Waals surface area contributed by atoms with Gasteiger partial charge in [0.25, 0.3) is 0 Å². The largest absolute Gasteiger partial charge is 0.0815 e. The standard InChI is InChI=1S/C15H22/c1-4-5-6-14-9-11-15(12-10-14)8-7-13(2)3/h7,9-12H,4-6,8H2,1-3H3. The summed E-state index contributed by atoms with van der Waals surface area (Å²) in [5.41, 5.74) is 4.28. The van der Waals surface area contributed by atoms with Crippen molar-refractivity contribution < 1.29 is 0 Å². The number of unbranched alkanes of at least 4 members (excludes halogenated alkanes) is 1. The van der Waals surface area contributed by atoms with Gasteiger partial charge in [-0.3, -0.25) is 0 Å². The van der Waals surface area contributed by atoms with E-state index in [0.29, 0.717) is 0 Å². The number of aryl methyl sites for hydroxylation is 1. The van der Waals surface area contributed by atoms with Crippen LogP contribution in [0.3, 0.4) is 0 Å². The van der Waals surface area contributed by atoms with E-state index in [1.54, 1.807) is 0 Å². The van der Waals surface area contributed by atoms with E-state index in [9.17, 15) is 0 Å². The summed E-state index contributed by atoms with van der Waals surface area (Å²) in [4.78, 5) is 0. The fourth-order valence-corrected chi connectivity index (χ4v) is 1.54. The second kappa shape index (κ2) is 6.44. The molecule has 0 bridgehead atoms. The lowest BCUT2D eigenvalue weighted by molar-refractivity contribution is 0.795. The lowest BCUT2D eigenvalue weighted by Gasteiger charge is -2.02. The lowest BCUT2D eigenvalue weighted by atomic mass is 10.0. The molecule has 0 heterocycles. The Balaban J connectivity index is 2.52. The van der Waals surface area contributed by atoms with E-state index in [2.05, 4.69) is 51.1 Å². The summed E-state index contributed by atoms with van der Waals surface area (Å²) in [5, 5.41) is 0. The fourth-order valence-electron chi connectivity index (χ4n) is 1.54. The smallest absolute Gasteiger partial charge is 0.00950 e. The average Bonchev–Trinajstić information content (AvgIpc) is 2.25. The highest BCUT2D eigenvalue weighted by Crippen LogP contribution is 2.09. The minimum Gasteiger partial charge on any atom is -0.0815 e. The van der Waals surface area contributed by atoms with Gasteiger partial charge in [0.1, 0.15) is 0 Å². The highest BCUT2D eigenvalue weighted by Gasteiger charge is 1.93. The molecule has 1 rings (SSSR count). The third-order valence-electron chi connectivity index (χ3n) is 2.59. The van der Waals surface area contributed by atoms with Crippen molar-refractivity contribution in [3.63, 3.8) is 0 Å². The Morgan fingerprint density at radius 3 is 2.20 bits per heavy atom. The fraction of sp³-hybridized carbons (Fsp3) is 0.467. The molecule has 0 saturated heterocycles. The Morgan fingerprint density at radius 1 is 1.07 bits per heavy atom. The summed E-state index contributed by atoms with van der Waals surface area (Å²) < 4.78 is 0. The number of rotatable bonds is 5. The van der Waals surface area contributed by atoms with E-state index in [1.807, 2.05) is 0 Å². The SMILES string of the molecule is CCCCc1ccc(CC=C(C)C)cc1. The van der Waals surface area contributed by atoms with Crippen LogP contribution in [-0.2, 0) is 12.8 Å². The molecule has 82 valence electrons. The van der Waals surface area contributed by atoms with Crippen molar-refractivity contribution in [1.29, 1.82) is 0 Å². The molecule has 0 atom stereocenters. The van der Waals surface area contributed by atoms with Crippen molar-refractivity contribution >= 4 is 0 Å². The van der Waals surface area contributed by atoms with Gasteiger partial charge in [0.2, 0.25) is 0 Å². The predicted molar refractivity (Wildman–Crippen MR) is 68.2 cm³/mol. The van der Waals surface area contributed by atoms with Gasteiger partial charge in [0, 0.05) is 0 Å². The van der Waals surface area contributed by atoms with Crippen molar-refractivity contribution in [2.45, 2.75) is 46.5 Å². The molecule has 0 unspecified atom stereocenters. The van der Waals surface area contributed by atoms with Gasteiger partial charge in [-0.1, -0.05) is 49.3 Å². The predicted octanol–water partition coefficient (Wildman–Crippen LogP) is 4.54. The summed E-state index contributed by atoms with van der Waals surface area (Å²) in [5.74, 6) is 0. The first kappa shape index (κ1) is 12.0. The zero-order chi connectivity index (χ0) is 11.1. The van der Waals surface area contributed by atoms with E-state index in [0.717, 1.165) is 6.42 Å². The molecule has 1 aromatic rings. The van der Waals surface area contributed by atoms with E-state index in [1.165, 1.54) is 36.0 Å². The van der Waals surface area contributed by atoms with Gasteiger partial charge in [-0.05, 0) is 44.2 Å². The molecule has 0 N–H and O–H groups in total. The molecule has 1 aromatic carbocycles. The second-order valence-corrected chi connectivity index (χ2v) is 4.41. The molecule has 15 heavy (non-hydrogen) atoms. The Hall–Kier alpha value is -1.04. The van der Waals surface area contributed by atoms with Crippen LogP contribution in [0.2, 0.25) is 0 Å². The lowest BCUT2D eigenvalue weighted by Crippen LogP contribution is -1.86. The van der Waals surface area contributed by atoms with Gasteiger partial charge in [0.15, 0.2) is 0 Å². The number of benzene rings is 1. The van der Waals surface area contributed by atoms with Crippen molar-refractivity contribution in [1.82, 2.24) is 0 Å². The van der Waals surface area contributed by atoms with Crippen LogP contribution in [0.1, 0.15) is 44.7 Å². The maximum absolute atomic E-state index is 2.28. The summed E-state index contributed by atoms with van der Waals surface area (Å²) >= 11 is 0. The van der Waals surface area contributed by atoms with Crippen molar-refractivity contribution in [3.05, 3.63) is 47.0 Å². The molecule has 0 aliphatic heterocycles. The first-order valence-electron chi connectivity index (χ1n) is 5.93. The number of hydrogen-bond acceptors (Lipinski definition) is 0. The van der Waals surface area contributed by atoms with Crippen molar-refractivity contribution in [2.75, 3.05) is 0 Å². The average molecular weight is 202 g/mol. The molecule has 0 spiro atoms. The molecule has 0 saturated carbocycles. The van der Waals surface area contributed by atoms with Gasteiger partial charge in [-0.2, -0.15) is 0 Å². The van der Waals surface area contributed by atoms with Crippen LogP contribution in [0.25, 0.3) is 0 Å². The molecule has 0 nitrogen and oxygen atoms in total. The highest BCUT2D eigenvalue weighted by molar-refractivity contribution is 5.24. The molecule has 0 heteroatoms.